The minimum atomic E-state index is 0.923. The van der Waals surface area contributed by atoms with Crippen LogP contribution in [0.5, 0.6) is 0 Å². The van der Waals surface area contributed by atoms with Crippen molar-refractivity contribution in [2.75, 3.05) is 4.90 Å². The maximum Gasteiger partial charge on any atom is 0.0788 e. The quantitative estimate of drug-likeness (QED) is 0.152. The molecule has 59 heavy (non-hydrogen) atoms. The predicted molar refractivity (Wildman–Crippen MR) is 248 cm³/mol. The molecule has 3 nitrogen and oxygen atoms in total. The third-order valence-electron chi connectivity index (χ3n) is 11.4. The van der Waals surface area contributed by atoms with E-state index in [9.17, 15) is 0 Å². The first-order valence-electron chi connectivity index (χ1n) is 20.1. The molecule has 0 saturated heterocycles. The van der Waals surface area contributed by atoms with Crippen LogP contribution in [-0.4, -0.2) is 9.97 Å². The zero-order chi connectivity index (χ0) is 39.1. The van der Waals surface area contributed by atoms with Crippen molar-refractivity contribution in [3.8, 4) is 44.8 Å². The molecule has 276 valence electrons. The molecule has 0 N–H and O–H groups in total. The van der Waals surface area contributed by atoms with Crippen molar-refractivity contribution >= 4 is 60.4 Å². The Bertz CT molecular complexity index is 3250. The Morgan fingerprint density at radius 3 is 1.59 bits per heavy atom. The number of rotatable bonds is 7. The fourth-order valence-electron chi connectivity index (χ4n) is 8.64. The average molecular weight is 752 g/mol. The highest BCUT2D eigenvalue weighted by atomic mass is 15.1. The molecule has 11 rings (SSSR count). The highest BCUT2D eigenvalue weighted by Crippen LogP contribution is 2.43. The van der Waals surface area contributed by atoms with E-state index in [0.29, 0.717) is 0 Å². The SMILES string of the molecule is c1ccc(-c2ccc(-c3cc(-c4cccc5nc(-c6ccc(N(c7ccccc7)c7ccccc7)cc6)c6ccc7ccccc7c6c45)nc4ccccc34)cc2)cc1. The fourth-order valence-corrected chi connectivity index (χ4v) is 8.64. The van der Waals surface area contributed by atoms with Gasteiger partial charge < -0.3 is 4.90 Å². The molecule has 3 heteroatoms. The molecule has 0 aliphatic carbocycles. The molecular formula is C56H37N3. The van der Waals surface area contributed by atoms with Crippen molar-refractivity contribution < 1.29 is 0 Å². The number of pyridine rings is 2. The molecule has 9 aromatic carbocycles. The molecule has 0 bridgehead atoms. The molecule has 0 fully saturated rings. The van der Waals surface area contributed by atoms with Gasteiger partial charge in [0.05, 0.1) is 22.4 Å². The highest BCUT2D eigenvalue weighted by Gasteiger charge is 2.19. The van der Waals surface area contributed by atoms with E-state index in [1.807, 2.05) is 0 Å². The minimum absolute atomic E-state index is 0.923. The number of nitrogens with zero attached hydrogens (tertiary/aromatic N) is 3. The second-order valence-electron chi connectivity index (χ2n) is 14.9. The number of aromatic nitrogens is 2. The molecule has 0 radical (unpaired) electrons. The Labute approximate surface area is 343 Å². The summed E-state index contributed by atoms with van der Waals surface area (Å²) in [6, 6.07) is 79.7. The first-order valence-corrected chi connectivity index (χ1v) is 20.1. The van der Waals surface area contributed by atoms with Crippen molar-refractivity contribution in [1.82, 2.24) is 9.97 Å². The van der Waals surface area contributed by atoms with Crippen LogP contribution in [-0.2, 0) is 0 Å². The summed E-state index contributed by atoms with van der Waals surface area (Å²) in [7, 11) is 0. The van der Waals surface area contributed by atoms with E-state index in [1.54, 1.807) is 0 Å². The predicted octanol–water partition coefficient (Wildman–Crippen LogP) is 15.2. The average Bonchev–Trinajstić information content (AvgIpc) is 3.32. The summed E-state index contributed by atoms with van der Waals surface area (Å²) in [5.41, 5.74) is 13.9. The van der Waals surface area contributed by atoms with Crippen LogP contribution in [0.3, 0.4) is 0 Å². The van der Waals surface area contributed by atoms with E-state index in [0.717, 1.165) is 77.9 Å². The lowest BCUT2D eigenvalue weighted by molar-refractivity contribution is 1.28. The fraction of sp³-hybridized carbons (Fsp3) is 0. The summed E-state index contributed by atoms with van der Waals surface area (Å²) >= 11 is 0. The van der Waals surface area contributed by atoms with Gasteiger partial charge in [-0.25, -0.2) is 9.97 Å². The van der Waals surface area contributed by atoms with E-state index in [1.165, 1.54) is 27.3 Å². The largest absolute Gasteiger partial charge is 0.311 e. The van der Waals surface area contributed by atoms with Crippen LogP contribution in [0.4, 0.5) is 17.1 Å². The van der Waals surface area contributed by atoms with E-state index < -0.39 is 0 Å². The topological polar surface area (TPSA) is 29.0 Å². The molecule has 0 amide bonds. The molecule has 0 aliphatic rings. The van der Waals surface area contributed by atoms with Gasteiger partial charge in [-0.1, -0.05) is 170 Å². The lowest BCUT2D eigenvalue weighted by atomic mass is 9.91. The monoisotopic (exact) mass is 751 g/mol. The summed E-state index contributed by atoms with van der Waals surface area (Å²) < 4.78 is 0. The number of benzene rings is 9. The van der Waals surface area contributed by atoms with Crippen molar-refractivity contribution in [1.29, 1.82) is 0 Å². The first kappa shape index (κ1) is 34.4. The Morgan fingerprint density at radius 2 is 0.864 bits per heavy atom. The standard InChI is InChI=1S/C56H37N3/c1-4-15-38(16-5-1)39-27-29-41(30-28-39)50-37-53(57-51-25-13-12-23-47(50)51)48-24-14-26-52-55(48)54-46-22-11-10-17-40(46)33-36-49(54)56(58-52)42-31-34-45(35-32-42)59(43-18-6-2-7-19-43)44-20-8-3-9-21-44/h1-37H. The summed E-state index contributed by atoms with van der Waals surface area (Å²) in [6.07, 6.45) is 0. The van der Waals surface area contributed by atoms with Crippen molar-refractivity contribution in [3.05, 3.63) is 224 Å². The number of hydrogen-bond donors (Lipinski definition) is 0. The lowest BCUT2D eigenvalue weighted by Gasteiger charge is -2.25. The molecule has 2 heterocycles. The van der Waals surface area contributed by atoms with Crippen molar-refractivity contribution in [2.45, 2.75) is 0 Å². The van der Waals surface area contributed by atoms with Gasteiger partial charge in [0.15, 0.2) is 0 Å². The van der Waals surface area contributed by atoms with Crippen LogP contribution in [0.2, 0.25) is 0 Å². The molecule has 2 aromatic heterocycles. The van der Waals surface area contributed by atoms with E-state index >= 15 is 0 Å². The summed E-state index contributed by atoms with van der Waals surface area (Å²) in [5.74, 6) is 0. The Kier molecular flexibility index (Phi) is 8.49. The molecule has 0 unspecified atom stereocenters. The second-order valence-corrected chi connectivity index (χ2v) is 14.9. The summed E-state index contributed by atoms with van der Waals surface area (Å²) in [5, 5.41) is 6.90. The van der Waals surface area contributed by atoms with E-state index in [2.05, 4.69) is 229 Å². The molecule has 0 spiro atoms. The normalized spacial score (nSPS) is 11.4. The van der Waals surface area contributed by atoms with Crippen LogP contribution in [0, 0.1) is 0 Å². The number of para-hydroxylation sites is 3. The van der Waals surface area contributed by atoms with Crippen LogP contribution in [0.25, 0.3) is 88.1 Å². The molecule has 0 aliphatic heterocycles. The maximum absolute atomic E-state index is 5.50. The first-order chi connectivity index (χ1) is 29.3. The third-order valence-corrected chi connectivity index (χ3v) is 11.4. The maximum atomic E-state index is 5.50. The number of anilines is 3. The zero-order valence-electron chi connectivity index (χ0n) is 32.2. The van der Waals surface area contributed by atoms with Crippen LogP contribution < -0.4 is 4.90 Å². The van der Waals surface area contributed by atoms with Gasteiger partial charge in [-0.05, 0) is 87.6 Å². The van der Waals surface area contributed by atoms with Gasteiger partial charge in [-0.3, -0.25) is 0 Å². The zero-order valence-corrected chi connectivity index (χ0v) is 32.2. The Morgan fingerprint density at radius 1 is 0.305 bits per heavy atom. The van der Waals surface area contributed by atoms with Crippen LogP contribution >= 0.6 is 0 Å². The Hall–Kier alpha value is -7.88. The molecule has 0 atom stereocenters. The van der Waals surface area contributed by atoms with Gasteiger partial charge in [0.2, 0.25) is 0 Å². The van der Waals surface area contributed by atoms with Crippen LogP contribution in [0.1, 0.15) is 0 Å². The summed E-state index contributed by atoms with van der Waals surface area (Å²) in [6.45, 7) is 0. The second kappa shape index (κ2) is 14.6. The van der Waals surface area contributed by atoms with Gasteiger partial charge in [0, 0.05) is 49.7 Å². The molecule has 11 aromatic rings. The number of fused-ring (bicyclic) bond motifs is 6. The molecule has 0 saturated carbocycles. The Balaban J connectivity index is 1.09. The van der Waals surface area contributed by atoms with Crippen LogP contribution in [0.15, 0.2) is 224 Å². The van der Waals surface area contributed by atoms with Gasteiger partial charge in [-0.15, -0.1) is 0 Å². The van der Waals surface area contributed by atoms with E-state index in [4.69, 9.17) is 9.97 Å². The molecular weight excluding hydrogens is 715 g/mol. The van der Waals surface area contributed by atoms with Gasteiger partial charge in [-0.2, -0.15) is 0 Å². The van der Waals surface area contributed by atoms with Gasteiger partial charge in [0.1, 0.15) is 0 Å². The van der Waals surface area contributed by atoms with Crippen molar-refractivity contribution in [2.24, 2.45) is 0 Å². The smallest absolute Gasteiger partial charge is 0.0788 e. The van der Waals surface area contributed by atoms with Gasteiger partial charge in [0.25, 0.3) is 0 Å². The highest BCUT2D eigenvalue weighted by molar-refractivity contribution is 6.25. The minimum Gasteiger partial charge on any atom is -0.311 e. The lowest BCUT2D eigenvalue weighted by Crippen LogP contribution is -2.09. The third kappa shape index (κ3) is 6.17. The van der Waals surface area contributed by atoms with Gasteiger partial charge >= 0.3 is 0 Å². The number of hydrogen-bond acceptors (Lipinski definition) is 3. The summed E-state index contributed by atoms with van der Waals surface area (Å²) in [4.78, 5) is 13.1. The van der Waals surface area contributed by atoms with Crippen molar-refractivity contribution in [3.63, 3.8) is 0 Å². The van der Waals surface area contributed by atoms with E-state index in [-0.39, 0.29) is 0 Å².